The molecule has 1 spiro atoms. The van der Waals surface area contributed by atoms with E-state index in [4.69, 9.17) is 9.47 Å². The molecule has 7 atom stereocenters. The van der Waals surface area contributed by atoms with E-state index in [-0.39, 0.29) is 0 Å². The van der Waals surface area contributed by atoms with Crippen molar-refractivity contribution >= 4 is 0 Å². The molecule has 0 aromatic carbocycles. The van der Waals surface area contributed by atoms with Gasteiger partial charge in [0.25, 0.3) is 0 Å². The largest absolute Gasteiger partial charge is 0.458 e. The average molecular weight is 316 g/mol. The van der Waals surface area contributed by atoms with Crippen LogP contribution in [0.25, 0.3) is 0 Å². The first kappa shape index (κ1) is 15.6. The fourth-order valence-corrected chi connectivity index (χ4v) is 6.86. The Balaban J connectivity index is 0.000000207. The Morgan fingerprint density at radius 3 is 2.17 bits per heavy atom. The summed E-state index contributed by atoms with van der Waals surface area (Å²) >= 11 is 0. The van der Waals surface area contributed by atoms with Crippen LogP contribution in [-0.2, 0) is 9.47 Å². The molecule has 4 bridgehead atoms. The Morgan fingerprint density at radius 2 is 1.48 bits per heavy atom. The van der Waals surface area contributed by atoms with E-state index in [1.54, 1.807) is 0 Å². The number of hydrogen-bond acceptors (Lipinski definition) is 2. The van der Waals surface area contributed by atoms with Crippen LogP contribution in [-0.4, -0.2) is 0 Å². The normalized spacial score (nSPS) is 49.1. The maximum Gasteiger partial charge on any atom is 0.149 e. The van der Waals surface area contributed by atoms with Gasteiger partial charge in [-0.15, -0.1) is 0 Å². The van der Waals surface area contributed by atoms with E-state index < -0.39 is 0 Å². The summed E-state index contributed by atoms with van der Waals surface area (Å²) in [5.74, 6) is 11.1. The number of hydrogen-bond donors (Lipinski definition) is 0. The van der Waals surface area contributed by atoms with Gasteiger partial charge in [0, 0.05) is 23.2 Å². The molecular weight excluding hydrogens is 284 g/mol. The van der Waals surface area contributed by atoms with E-state index in [2.05, 4.69) is 0 Å². The number of ether oxygens (including phenoxy) is 2. The summed E-state index contributed by atoms with van der Waals surface area (Å²) in [5, 5.41) is 0. The topological polar surface area (TPSA) is 25.1 Å². The lowest BCUT2D eigenvalue weighted by molar-refractivity contribution is 0.182. The van der Waals surface area contributed by atoms with E-state index in [1.807, 2.05) is 41.5 Å². The highest BCUT2D eigenvalue weighted by Crippen LogP contribution is 2.81. The molecule has 3 fully saturated rings. The summed E-state index contributed by atoms with van der Waals surface area (Å²) in [4.78, 5) is 0. The van der Waals surface area contributed by atoms with Crippen molar-refractivity contribution in [2.75, 3.05) is 0 Å². The number of rotatable bonds is 0. The second kappa shape index (κ2) is 5.04. The lowest BCUT2D eigenvalue weighted by atomic mass is 9.74. The molecule has 2 heteroatoms. The molecule has 2 heterocycles. The van der Waals surface area contributed by atoms with Gasteiger partial charge in [0.2, 0.25) is 0 Å². The Hall–Kier alpha value is -0.920. The zero-order valence-electron chi connectivity index (χ0n) is 15.6. The van der Waals surface area contributed by atoms with Crippen LogP contribution in [0.15, 0.2) is 23.0 Å². The first-order valence-corrected chi connectivity index (χ1v) is 10.2. The van der Waals surface area contributed by atoms with E-state index in [1.165, 1.54) is 48.7 Å². The van der Waals surface area contributed by atoms with Gasteiger partial charge in [0.1, 0.15) is 23.0 Å². The van der Waals surface area contributed by atoms with Gasteiger partial charge in [-0.2, -0.15) is 0 Å². The maximum atomic E-state index is 5.83. The third-order valence-corrected chi connectivity index (χ3v) is 7.22. The Bertz CT molecular complexity index is 587. The molecule has 0 radical (unpaired) electrons. The van der Waals surface area contributed by atoms with Crippen molar-refractivity contribution in [1.29, 1.82) is 0 Å². The molecule has 7 rings (SSSR count). The zero-order chi connectivity index (χ0) is 16.5. The first-order chi connectivity index (χ1) is 11.4. The van der Waals surface area contributed by atoms with E-state index in [9.17, 15) is 0 Å². The first-order valence-electron chi connectivity index (χ1n) is 10.2. The highest BCUT2D eigenvalue weighted by Gasteiger charge is 2.76. The van der Waals surface area contributed by atoms with Gasteiger partial charge < -0.3 is 9.47 Å². The fourth-order valence-electron chi connectivity index (χ4n) is 6.86. The van der Waals surface area contributed by atoms with Crippen LogP contribution in [0, 0.1) is 40.9 Å². The zero-order valence-corrected chi connectivity index (χ0v) is 15.6. The quantitative estimate of drug-likeness (QED) is 0.559. The monoisotopic (exact) mass is 316 g/mol. The highest BCUT2D eigenvalue weighted by molar-refractivity contribution is 5.45. The molecule has 0 N–H and O–H groups in total. The Labute approximate surface area is 141 Å². The SMILES string of the molecule is C1C2C3=C(O3)C1C1C2CC23CC(CC12)C1=C3O1.CC.CC.CC. The minimum absolute atomic E-state index is 0.532. The third kappa shape index (κ3) is 1.61. The summed E-state index contributed by atoms with van der Waals surface area (Å²) in [6, 6.07) is 0. The summed E-state index contributed by atoms with van der Waals surface area (Å²) in [6.45, 7) is 12.0. The molecule has 0 amide bonds. The highest BCUT2D eigenvalue weighted by atomic mass is 16.6. The molecule has 0 saturated heterocycles. The molecule has 7 aliphatic rings. The van der Waals surface area contributed by atoms with Crippen molar-refractivity contribution in [1.82, 2.24) is 0 Å². The molecule has 3 saturated carbocycles. The molecule has 0 aromatic rings. The summed E-state index contributed by atoms with van der Waals surface area (Å²) in [6.07, 6.45) is 5.75. The van der Waals surface area contributed by atoms with Crippen molar-refractivity contribution in [2.24, 2.45) is 40.9 Å². The maximum absolute atomic E-state index is 5.83. The van der Waals surface area contributed by atoms with Gasteiger partial charge in [0.05, 0.1) is 0 Å². The van der Waals surface area contributed by atoms with Crippen LogP contribution in [0.2, 0.25) is 0 Å². The number of allylic oxidation sites excluding steroid dienone is 4. The van der Waals surface area contributed by atoms with Gasteiger partial charge >= 0.3 is 0 Å². The van der Waals surface area contributed by atoms with Gasteiger partial charge in [-0.3, -0.25) is 0 Å². The van der Waals surface area contributed by atoms with Crippen LogP contribution in [0.1, 0.15) is 67.2 Å². The van der Waals surface area contributed by atoms with Gasteiger partial charge in [-0.25, -0.2) is 0 Å². The molecule has 2 aliphatic heterocycles. The van der Waals surface area contributed by atoms with Crippen LogP contribution < -0.4 is 0 Å². The van der Waals surface area contributed by atoms with Crippen molar-refractivity contribution in [3.8, 4) is 0 Å². The summed E-state index contributed by atoms with van der Waals surface area (Å²) in [5.41, 5.74) is 0.532. The van der Waals surface area contributed by atoms with E-state index >= 15 is 0 Å². The Kier molecular flexibility index (Phi) is 3.42. The smallest absolute Gasteiger partial charge is 0.149 e. The standard InChI is InChI=1S/C15H14O2.3C2H6/c1-5-3-15(14-11(5)17-14)4-8-6-2-7(10(8)9(1)15)13-12(6)16-13;3*1-2/h5-10H,1-4H2;3*1-2H3. The van der Waals surface area contributed by atoms with Crippen molar-refractivity contribution < 1.29 is 9.47 Å². The molecular formula is C21H32O2. The molecule has 23 heavy (non-hydrogen) atoms. The Morgan fingerprint density at radius 1 is 0.783 bits per heavy atom. The van der Waals surface area contributed by atoms with E-state index in [0.717, 1.165) is 35.5 Å². The van der Waals surface area contributed by atoms with Crippen molar-refractivity contribution in [3.63, 3.8) is 0 Å². The average Bonchev–Trinajstić information content (AvgIpc) is 3.44. The minimum Gasteiger partial charge on any atom is -0.458 e. The van der Waals surface area contributed by atoms with Gasteiger partial charge in [-0.05, 0) is 43.4 Å². The van der Waals surface area contributed by atoms with E-state index in [0.29, 0.717) is 5.41 Å². The number of fused-ring (bicyclic) bond motifs is 10. The molecule has 2 nitrogen and oxygen atoms in total. The van der Waals surface area contributed by atoms with Crippen molar-refractivity contribution in [3.05, 3.63) is 23.0 Å². The van der Waals surface area contributed by atoms with Crippen LogP contribution in [0.5, 0.6) is 0 Å². The molecule has 7 unspecified atom stereocenters. The predicted molar refractivity (Wildman–Crippen MR) is 92.1 cm³/mol. The predicted octanol–water partition coefficient (Wildman–Crippen LogP) is 5.86. The third-order valence-electron chi connectivity index (χ3n) is 7.22. The molecule has 128 valence electrons. The van der Waals surface area contributed by atoms with Gasteiger partial charge in [0.15, 0.2) is 0 Å². The van der Waals surface area contributed by atoms with Crippen LogP contribution in [0.3, 0.4) is 0 Å². The second-order valence-electron chi connectivity index (χ2n) is 7.42. The lowest BCUT2D eigenvalue weighted by Crippen LogP contribution is -2.25. The lowest BCUT2D eigenvalue weighted by Gasteiger charge is -2.28. The minimum atomic E-state index is 0.532. The fraction of sp³-hybridized carbons (Fsp3) is 0.810. The van der Waals surface area contributed by atoms with Gasteiger partial charge in [-0.1, -0.05) is 41.5 Å². The second-order valence-corrected chi connectivity index (χ2v) is 7.42. The molecule has 0 aromatic heterocycles. The van der Waals surface area contributed by atoms with Crippen LogP contribution >= 0.6 is 0 Å². The van der Waals surface area contributed by atoms with Crippen molar-refractivity contribution in [2.45, 2.75) is 67.2 Å². The van der Waals surface area contributed by atoms with Crippen LogP contribution in [0.4, 0.5) is 0 Å². The molecule has 5 aliphatic carbocycles. The summed E-state index contributed by atoms with van der Waals surface area (Å²) < 4.78 is 11.6. The summed E-state index contributed by atoms with van der Waals surface area (Å²) in [7, 11) is 0.